The molecule has 2 N–H and O–H groups in total. The van der Waals surface area contributed by atoms with Gasteiger partial charge < -0.3 is 19.7 Å². The van der Waals surface area contributed by atoms with Crippen LogP contribution in [0.1, 0.15) is 39.6 Å². The summed E-state index contributed by atoms with van der Waals surface area (Å²) in [5, 5.41) is 13.9. The number of sulfonamides is 1. The Balaban J connectivity index is 1.47. The fourth-order valence-electron chi connectivity index (χ4n) is 4.65. The molecule has 0 aliphatic carbocycles. The number of anilines is 2. The summed E-state index contributed by atoms with van der Waals surface area (Å²) in [7, 11) is -3.62. The number of hydrogen-bond donors (Lipinski definition) is 2. The fourth-order valence-corrected chi connectivity index (χ4v) is 6.26. The molecule has 0 amide bonds. The highest BCUT2D eigenvalue weighted by molar-refractivity contribution is 7.89. The van der Waals surface area contributed by atoms with Gasteiger partial charge in [0.05, 0.1) is 40.5 Å². The molecule has 0 unspecified atom stereocenters. The Kier molecular flexibility index (Phi) is 7.57. The minimum absolute atomic E-state index is 0.103. The second-order valence-electron chi connectivity index (χ2n) is 10.3. The molecule has 1 aliphatic rings. The summed E-state index contributed by atoms with van der Waals surface area (Å²) in [6, 6.07) is 9.21. The molecule has 0 bridgehead atoms. The first-order valence-corrected chi connectivity index (χ1v) is 14.6. The van der Waals surface area contributed by atoms with Crippen molar-refractivity contribution in [3.8, 4) is 11.3 Å². The number of imidazole rings is 1. The van der Waals surface area contributed by atoms with Crippen molar-refractivity contribution in [1.82, 2.24) is 23.8 Å². The SMILES string of the molecule is CC(C)n1c(C(C)(C)O)nc2c(F)cc(-c3nc(Nc4ccc(S(=O)(=O)N5CCOCC5)cc4)ncc3Cl)cc21. The summed E-state index contributed by atoms with van der Waals surface area (Å²) in [5.41, 5.74) is 0.637. The zero-order valence-corrected chi connectivity index (χ0v) is 24.1. The van der Waals surface area contributed by atoms with Crippen LogP contribution in [0.4, 0.5) is 16.0 Å². The molecule has 212 valence electrons. The molecule has 0 spiro atoms. The topological polar surface area (TPSA) is 122 Å². The number of fused-ring (bicyclic) bond motifs is 1. The van der Waals surface area contributed by atoms with Crippen molar-refractivity contribution in [2.24, 2.45) is 0 Å². The summed E-state index contributed by atoms with van der Waals surface area (Å²) in [6.45, 7) is 8.43. The molecule has 0 radical (unpaired) electrons. The molecule has 1 fully saturated rings. The molecule has 1 saturated heterocycles. The molecule has 4 aromatic rings. The Morgan fingerprint density at radius 1 is 1.12 bits per heavy atom. The first kappa shape index (κ1) is 28.4. The summed E-state index contributed by atoms with van der Waals surface area (Å²) in [4.78, 5) is 13.3. The summed E-state index contributed by atoms with van der Waals surface area (Å²) >= 11 is 6.44. The van der Waals surface area contributed by atoms with Crippen molar-refractivity contribution in [3.05, 3.63) is 59.3 Å². The van der Waals surface area contributed by atoms with E-state index in [-0.39, 0.29) is 27.4 Å². The van der Waals surface area contributed by atoms with Crippen molar-refractivity contribution in [2.75, 3.05) is 31.6 Å². The van der Waals surface area contributed by atoms with Gasteiger partial charge in [0.25, 0.3) is 0 Å². The largest absolute Gasteiger partial charge is 0.383 e. The van der Waals surface area contributed by atoms with E-state index < -0.39 is 21.4 Å². The average molecular weight is 589 g/mol. The van der Waals surface area contributed by atoms with Gasteiger partial charge in [0, 0.05) is 30.4 Å². The van der Waals surface area contributed by atoms with Crippen molar-refractivity contribution in [1.29, 1.82) is 0 Å². The molecule has 3 heterocycles. The maximum absolute atomic E-state index is 15.3. The minimum atomic E-state index is -3.62. The van der Waals surface area contributed by atoms with E-state index >= 15 is 4.39 Å². The quantitative estimate of drug-likeness (QED) is 0.314. The monoisotopic (exact) mass is 588 g/mol. The number of aliphatic hydroxyl groups is 1. The van der Waals surface area contributed by atoms with E-state index in [1.165, 1.54) is 28.7 Å². The lowest BCUT2D eigenvalue weighted by molar-refractivity contribution is 0.0641. The number of benzene rings is 2. The molecule has 40 heavy (non-hydrogen) atoms. The van der Waals surface area contributed by atoms with Gasteiger partial charge in [-0.05, 0) is 64.1 Å². The van der Waals surface area contributed by atoms with Crippen LogP contribution in [-0.2, 0) is 20.4 Å². The van der Waals surface area contributed by atoms with Crippen LogP contribution in [0, 0.1) is 5.82 Å². The van der Waals surface area contributed by atoms with Crippen molar-refractivity contribution in [2.45, 2.75) is 44.2 Å². The highest BCUT2D eigenvalue weighted by atomic mass is 35.5. The number of ether oxygens (including phenoxy) is 1. The average Bonchev–Trinajstić information content (AvgIpc) is 3.32. The van der Waals surface area contributed by atoms with Crippen molar-refractivity contribution in [3.63, 3.8) is 0 Å². The lowest BCUT2D eigenvalue weighted by Gasteiger charge is -2.26. The number of hydrogen-bond acceptors (Lipinski definition) is 8. The standard InChI is InChI=1S/C27H30ClFN6O4S/c1-16(2)35-22-14-17(13-21(29)24(22)32-25(35)27(3,4)36)23-20(28)15-30-26(33-23)31-18-5-7-19(8-6-18)40(37,38)34-9-11-39-12-10-34/h5-8,13-16,36H,9-12H2,1-4H3,(H,30,31,33). The zero-order valence-electron chi connectivity index (χ0n) is 22.5. The van der Waals surface area contributed by atoms with E-state index in [1.807, 2.05) is 13.8 Å². The molecule has 0 saturated carbocycles. The van der Waals surface area contributed by atoms with Crippen LogP contribution < -0.4 is 5.32 Å². The number of rotatable bonds is 7. The van der Waals surface area contributed by atoms with Crippen LogP contribution in [0.3, 0.4) is 0 Å². The number of aromatic nitrogens is 4. The van der Waals surface area contributed by atoms with Gasteiger partial charge in [0.15, 0.2) is 5.82 Å². The van der Waals surface area contributed by atoms with E-state index in [2.05, 4.69) is 20.3 Å². The summed E-state index contributed by atoms with van der Waals surface area (Å²) < 4.78 is 49.5. The fraction of sp³-hybridized carbons (Fsp3) is 0.370. The van der Waals surface area contributed by atoms with Crippen molar-refractivity contribution >= 4 is 44.3 Å². The molecule has 13 heteroatoms. The Hall–Kier alpha value is -3.16. The molecular formula is C27H30ClFN6O4S. The minimum Gasteiger partial charge on any atom is -0.383 e. The van der Waals surface area contributed by atoms with E-state index in [9.17, 15) is 13.5 Å². The van der Waals surface area contributed by atoms with Gasteiger partial charge in [-0.15, -0.1) is 0 Å². The van der Waals surface area contributed by atoms with E-state index in [4.69, 9.17) is 16.3 Å². The zero-order chi connectivity index (χ0) is 28.8. The van der Waals surface area contributed by atoms with Gasteiger partial charge in [-0.3, -0.25) is 0 Å². The first-order valence-electron chi connectivity index (χ1n) is 12.8. The highest BCUT2D eigenvalue weighted by Gasteiger charge is 2.28. The van der Waals surface area contributed by atoms with Crippen molar-refractivity contribution < 1.29 is 22.7 Å². The Morgan fingerprint density at radius 3 is 2.42 bits per heavy atom. The third kappa shape index (κ3) is 5.41. The number of halogens is 2. The summed E-state index contributed by atoms with van der Waals surface area (Å²) in [6.07, 6.45) is 1.41. The Morgan fingerprint density at radius 2 is 1.80 bits per heavy atom. The summed E-state index contributed by atoms with van der Waals surface area (Å²) in [5.74, 6) is -0.0272. The van der Waals surface area contributed by atoms with E-state index in [0.717, 1.165) is 0 Å². The molecule has 1 aliphatic heterocycles. The maximum Gasteiger partial charge on any atom is 0.243 e. The van der Waals surface area contributed by atoms with Crippen LogP contribution >= 0.6 is 11.6 Å². The maximum atomic E-state index is 15.3. The predicted octanol–water partition coefficient (Wildman–Crippen LogP) is 4.86. The van der Waals surface area contributed by atoms with Crippen LogP contribution in [0.5, 0.6) is 0 Å². The highest BCUT2D eigenvalue weighted by Crippen LogP contribution is 2.35. The number of nitrogens with one attached hydrogen (secondary N) is 1. The molecule has 2 aromatic carbocycles. The van der Waals surface area contributed by atoms with E-state index in [1.54, 1.807) is 36.6 Å². The van der Waals surface area contributed by atoms with Gasteiger partial charge in [-0.2, -0.15) is 4.31 Å². The van der Waals surface area contributed by atoms with Gasteiger partial charge in [-0.25, -0.2) is 27.8 Å². The third-order valence-electron chi connectivity index (χ3n) is 6.55. The van der Waals surface area contributed by atoms with Gasteiger partial charge in [-0.1, -0.05) is 11.6 Å². The van der Waals surface area contributed by atoms with Gasteiger partial charge in [0.2, 0.25) is 16.0 Å². The molecular weight excluding hydrogens is 559 g/mol. The first-order chi connectivity index (χ1) is 18.9. The second-order valence-corrected chi connectivity index (χ2v) is 12.7. The van der Waals surface area contributed by atoms with Crippen LogP contribution in [0.15, 0.2) is 47.5 Å². The smallest absolute Gasteiger partial charge is 0.243 e. The van der Waals surface area contributed by atoms with E-state index in [0.29, 0.717) is 54.6 Å². The molecule has 2 aromatic heterocycles. The Labute approximate surface area is 236 Å². The lowest BCUT2D eigenvalue weighted by atomic mass is 10.1. The van der Waals surface area contributed by atoms with Gasteiger partial charge >= 0.3 is 0 Å². The molecule has 5 rings (SSSR count). The number of nitrogens with zero attached hydrogens (tertiary/aromatic N) is 5. The van der Waals surface area contributed by atoms with Crippen LogP contribution in [0.25, 0.3) is 22.3 Å². The predicted molar refractivity (Wildman–Crippen MR) is 151 cm³/mol. The van der Waals surface area contributed by atoms with Crippen LogP contribution in [0.2, 0.25) is 5.02 Å². The normalized spacial score (nSPS) is 15.2. The van der Waals surface area contributed by atoms with Crippen LogP contribution in [-0.4, -0.2) is 63.7 Å². The molecule has 0 atom stereocenters. The lowest BCUT2D eigenvalue weighted by Crippen LogP contribution is -2.40. The second kappa shape index (κ2) is 10.7. The number of morpholine rings is 1. The third-order valence-corrected chi connectivity index (χ3v) is 8.74. The Bertz CT molecular complexity index is 1660. The molecule has 10 nitrogen and oxygen atoms in total. The van der Waals surface area contributed by atoms with Gasteiger partial charge in [0.1, 0.15) is 16.9 Å².